The Morgan fingerprint density at radius 3 is 2.90 bits per heavy atom. The largest absolute Gasteiger partial charge is 0.465 e. The fourth-order valence-corrected chi connectivity index (χ4v) is 5.19. The highest BCUT2D eigenvalue weighted by molar-refractivity contribution is 8.01. The van der Waals surface area contributed by atoms with Crippen LogP contribution in [0.1, 0.15) is 36.7 Å². The Hall–Kier alpha value is -3.08. The maximum absolute atomic E-state index is 12.9. The van der Waals surface area contributed by atoms with Crippen LogP contribution in [0.5, 0.6) is 0 Å². The van der Waals surface area contributed by atoms with E-state index in [1.165, 1.54) is 23.1 Å². The minimum atomic E-state index is -0.617. The Morgan fingerprint density at radius 1 is 1.38 bits per heavy atom. The van der Waals surface area contributed by atoms with Crippen LogP contribution >= 0.6 is 23.1 Å². The first-order valence-electron chi connectivity index (χ1n) is 8.90. The number of aryl methyl sites for hydroxylation is 1. The van der Waals surface area contributed by atoms with Gasteiger partial charge in [-0.3, -0.25) is 9.69 Å². The van der Waals surface area contributed by atoms with Crippen molar-refractivity contribution < 1.29 is 9.21 Å². The number of nitriles is 2. The maximum atomic E-state index is 12.9. The summed E-state index contributed by atoms with van der Waals surface area (Å²) >= 11 is 2.56. The quantitative estimate of drug-likeness (QED) is 0.733. The smallest absolute Gasteiger partial charge is 0.219 e. The summed E-state index contributed by atoms with van der Waals surface area (Å²) in [5.74, 6) is 1.09. The first-order chi connectivity index (χ1) is 14.0. The Labute approximate surface area is 175 Å². The Balaban J connectivity index is 1.87. The molecule has 0 amide bonds. The fraction of sp³-hybridized carbons (Fsp3) is 0.316. The molecule has 1 unspecified atom stereocenters. The molecule has 2 aromatic heterocycles. The standard InChI is InChI=1S/C19H16N6O2S2/c1-10-5-6-14(27-10)15-11(9-21)17(22)25(12-3-2-4-13(26)16(12)15)18-23-24-19(29-18)28-8-7-20/h5-6,15H,2-4,8,22H2,1H3. The van der Waals surface area contributed by atoms with Gasteiger partial charge in [0.05, 0.1) is 29.4 Å². The van der Waals surface area contributed by atoms with Crippen LogP contribution in [0.4, 0.5) is 5.13 Å². The lowest BCUT2D eigenvalue weighted by Crippen LogP contribution is -2.38. The number of carbonyl (C=O) groups is 1. The predicted molar refractivity (Wildman–Crippen MR) is 108 cm³/mol. The summed E-state index contributed by atoms with van der Waals surface area (Å²) in [5.41, 5.74) is 7.98. The number of nitrogens with two attached hydrogens (primary N) is 1. The molecule has 0 aromatic carbocycles. The first-order valence-corrected chi connectivity index (χ1v) is 10.7. The molecular formula is C19H16N6O2S2. The number of anilines is 1. The molecule has 2 N–H and O–H groups in total. The lowest BCUT2D eigenvalue weighted by molar-refractivity contribution is -0.116. The van der Waals surface area contributed by atoms with Crippen molar-refractivity contribution in [2.45, 2.75) is 36.4 Å². The Morgan fingerprint density at radius 2 is 2.21 bits per heavy atom. The van der Waals surface area contributed by atoms with Gasteiger partial charge in [-0.05, 0) is 31.9 Å². The number of hydrogen-bond donors (Lipinski definition) is 1. The zero-order valence-electron chi connectivity index (χ0n) is 15.5. The highest BCUT2D eigenvalue weighted by atomic mass is 32.2. The zero-order valence-corrected chi connectivity index (χ0v) is 17.1. The van der Waals surface area contributed by atoms with Gasteiger partial charge < -0.3 is 10.2 Å². The molecule has 8 nitrogen and oxygen atoms in total. The summed E-state index contributed by atoms with van der Waals surface area (Å²) in [6, 6.07) is 7.83. The number of ketones is 1. The number of nitrogens with zero attached hydrogens (tertiary/aromatic N) is 5. The van der Waals surface area contributed by atoms with E-state index in [0.29, 0.717) is 45.8 Å². The van der Waals surface area contributed by atoms with Crippen molar-refractivity contribution in [2.24, 2.45) is 5.73 Å². The molecule has 2 aliphatic rings. The van der Waals surface area contributed by atoms with Gasteiger partial charge >= 0.3 is 0 Å². The Bertz CT molecular complexity index is 1130. The van der Waals surface area contributed by atoms with Gasteiger partial charge in [0, 0.05) is 17.7 Å². The van der Waals surface area contributed by atoms with Crippen LogP contribution in [-0.2, 0) is 4.79 Å². The third kappa shape index (κ3) is 3.31. The molecule has 0 saturated carbocycles. The summed E-state index contributed by atoms with van der Waals surface area (Å²) in [4.78, 5) is 14.6. The van der Waals surface area contributed by atoms with Gasteiger partial charge in [0.15, 0.2) is 10.1 Å². The van der Waals surface area contributed by atoms with Gasteiger partial charge in [-0.1, -0.05) is 23.1 Å². The zero-order chi connectivity index (χ0) is 20.5. The van der Waals surface area contributed by atoms with E-state index < -0.39 is 5.92 Å². The van der Waals surface area contributed by atoms with Crippen molar-refractivity contribution in [1.82, 2.24) is 10.2 Å². The molecule has 3 heterocycles. The lowest BCUT2D eigenvalue weighted by atomic mass is 9.78. The second kappa shape index (κ2) is 7.74. The minimum absolute atomic E-state index is 0.0147. The van der Waals surface area contributed by atoms with Gasteiger partial charge in [-0.2, -0.15) is 10.5 Å². The summed E-state index contributed by atoms with van der Waals surface area (Å²) in [5, 5.41) is 27.5. The molecule has 146 valence electrons. The number of hydrogen-bond acceptors (Lipinski definition) is 10. The number of rotatable bonds is 4. The monoisotopic (exact) mass is 424 g/mol. The normalized spacial score (nSPS) is 19.2. The number of thioether (sulfide) groups is 1. The average molecular weight is 425 g/mol. The molecule has 1 aliphatic heterocycles. The molecule has 29 heavy (non-hydrogen) atoms. The number of furan rings is 1. The van der Waals surface area contributed by atoms with Gasteiger partial charge in [0.25, 0.3) is 0 Å². The van der Waals surface area contributed by atoms with Crippen molar-refractivity contribution in [3.05, 3.63) is 46.3 Å². The first kappa shape index (κ1) is 19.2. The molecule has 1 atom stereocenters. The van der Waals surface area contributed by atoms with Crippen molar-refractivity contribution in [3.63, 3.8) is 0 Å². The van der Waals surface area contributed by atoms with E-state index in [9.17, 15) is 10.1 Å². The molecule has 0 spiro atoms. The minimum Gasteiger partial charge on any atom is -0.465 e. The van der Waals surface area contributed by atoms with Crippen LogP contribution in [0, 0.1) is 29.6 Å². The predicted octanol–water partition coefficient (Wildman–Crippen LogP) is 3.36. The molecule has 0 bridgehead atoms. The third-order valence-corrected chi connectivity index (χ3v) is 6.71. The second-order valence-corrected chi connectivity index (χ2v) is 8.74. The van der Waals surface area contributed by atoms with Gasteiger partial charge in [0.2, 0.25) is 5.13 Å². The summed E-state index contributed by atoms with van der Waals surface area (Å²) in [6.07, 6.45) is 1.75. The highest BCUT2D eigenvalue weighted by Crippen LogP contribution is 2.47. The van der Waals surface area contributed by atoms with E-state index in [1.807, 2.05) is 13.0 Å². The van der Waals surface area contributed by atoms with Crippen molar-refractivity contribution in [2.75, 3.05) is 10.7 Å². The topological polar surface area (TPSA) is 133 Å². The van der Waals surface area contributed by atoms with E-state index in [-0.39, 0.29) is 22.9 Å². The van der Waals surface area contributed by atoms with E-state index in [2.05, 4.69) is 22.3 Å². The van der Waals surface area contributed by atoms with E-state index in [0.717, 1.165) is 5.70 Å². The summed E-state index contributed by atoms with van der Waals surface area (Å²) in [7, 11) is 0. The average Bonchev–Trinajstić information content (AvgIpc) is 3.34. The SMILES string of the molecule is Cc1ccc(C2C(C#N)=C(N)N(c3nnc(SCC#N)s3)C3=C2C(=O)CCC3)o1. The lowest BCUT2D eigenvalue weighted by Gasteiger charge is -2.37. The van der Waals surface area contributed by atoms with Crippen molar-refractivity contribution >= 4 is 34.0 Å². The van der Waals surface area contributed by atoms with Crippen LogP contribution in [0.25, 0.3) is 0 Å². The molecule has 0 fully saturated rings. The molecule has 0 radical (unpaired) electrons. The van der Waals surface area contributed by atoms with Crippen LogP contribution < -0.4 is 10.6 Å². The molecular weight excluding hydrogens is 408 g/mol. The van der Waals surface area contributed by atoms with E-state index >= 15 is 0 Å². The van der Waals surface area contributed by atoms with Gasteiger partial charge in [-0.15, -0.1) is 10.2 Å². The van der Waals surface area contributed by atoms with Crippen LogP contribution in [-0.4, -0.2) is 21.7 Å². The van der Waals surface area contributed by atoms with Crippen LogP contribution in [0.15, 0.2) is 43.6 Å². The number of aromatic nitrogens is 2. The molecule has 10 heteroatoms. The van der Waals surface area contributed by atoms with E-state index in [4.69, 9.17) is 15.4 Å². The van der Waals surface area contributed by atoms with E-state index in [1.54, 1.807) is 11.0 Å². The second-order valence-electron chi connectivity index (χ2n) is 6.56. The molecule has 0 saturated heterocycles. The molecule has 2 aromatic rings. The highest BCUT2D eigenvalue weighted by Gasteiger charge is 2.42. The third-order valence-electron chi connectivity index (χ3n) is 4.81. The van der Waals surface area contributed by atoms with Crippen LogP contribution in [0.3, 0.4) is 0 Å². The summed E-state index contributed by atoms with van der Waals surface area (Å²) < 4.78 is 6.41. The maximum Gasteiger partial charge on any atom is 0.219 e. The van der Waals surface area contributed by atoms with Crippen molar-refractivity contribution in [3.8, 4) is 12.1 Å². The molecule has 4 rings (SSSR count). The number of allylic oxidation sites excluding steroid dienone is 3. The van der Waals surface area contributed by atoms with Gasteiger partial charge in [0.1, 0.15) is 17.3 Å². The Kier molecular flexibility index (Phi) is 5.14. The van der Waals surface area contributed by atoms with Gasteiger partial charge in [-0.25, -0.2) is 0 Å². The number of Topliss-reactive ketones (excluding diaryl/α,β-unsaturated/α-hetero) is 1. The summed E-state index contributed by atoms with van der Waals surface area (Å²) in [6.45, 7) is 1.82. The molecule has 1 aliphatic carbocycles. The van der Waals surface area contributed by atoms with Crippen LogP contribution in [0.2, 0.25) is 0 Å². The number of carbonyl (C=O) groups excluding carboxylic acids is 1. The van der Waals surface area contributed by atoms with Crippen molar-refractivity contribution in [1.29, 1.82) is 10.5 Å². The fourth-order valence-electron chi connectivity index (χ4n) is 3.64.